The molecule has 2 rings (SSSR count). The van der Waals surface area contributed by atoms with Crippen LogP contribution in [0.3, 0.4) is 0 Å². The molecule has 7 nitrogen and oxygen atoms in total. The summed E-state index contributed by atoms with van der Waals surface area (Å²) in [5, 5.41) is 11.1. The lowest BCUT2D eigenvalue weighted by molar-refractivity contribution is -0.384. The summed E-state index contributed by atoms with van der Waals surface area (Å²) in [4.78, 5) is 24.9. The van der Waals surface area contributed by atoms with Gasteiger partial charge >= 0.3 is 12.3 Å². The van der Waals surface area contributed by atoms with E-state index in [1.54, 1.807) is 6.92 Å². The highest BCUT2D eigenvalue weighted by Gasteiger charge is 2.34. The van der Waals surface area contributed by atoms with Crippen LogP contribution in [0.25, 0.3) is 0 Å². The largest absolute Gasteiger partial charge is 0.450 e. The third kappa shape index (κ3) is 3.87. The molecule has 1 amide bonds. The Labute approximate surface area is 135 Å². The van der Waals surface area contributed by atoms with E-state index in [0.29, 0.717) is 6.07 Å². The van der Waals surface area contributed by atoms with Crippen molar-refractivity contribution in [3.05, 3.63) is 33.9 Å². The minimum Gasteiger partial charge on any atom is -0.450 e. The lowest BCUT2D eigenvalue weighted by Crippen LogP contribution is -2.49. The molecule has 0 N–H and O–H groups in total. The van der Waals surface area contributed by atoms with E-state index in [2.05, 4.69) is 0 Å². The summed E-state index contributed by atoms with van der Waals surface area (Å²) < 4.78 is 43.4. The van der Waals surface area contributed by atoms with Crippen molar-refractivity contribution in [3.8, 4) is 0 Å². The molecule has 0 radical (unpaired) electrons. The predicted molar refractivity (Wildman–Crippen MR) is 78.9 cm³/mol. The first-order valence-corrected chi connectivity index (χ1v) is 7.26. The number of ether oxygens (including phenoxy) is 1. The Morgan fingerprint density at radius 2 is 1.92 bits per heavy atom. The summed E-state index contributed by atoms with van der Waals surface area (Å²) in [7, 11) is 0. The number of carbonyl (C=O) groups excluding carboxylic acids is 1. The van der Waals surface area contributed by atoms with Gasteiger partial charge in [-0.05, 0) is 19.1 Å². The smallest absolute Gasteiger partial charge is 0.416 e. The lowest BCUT2D eigenvalue weighted by Gasteiger charge is -2.35. The van der Waals surface area contributed by atoms with Crippen molar-refractivity contribution >= 4 is 17.5 Å². The van der Waals surface area contributed by atoms with Gasteiger partial charge in [0, 0.05) is 32.2 Å². The number of hydrogen-bond donors (Lipinski definition) is 0. The summed E-state index contributed by atoms with van der Waals surface area (Å²) in [6.07, 6.45) is -5.09. The van der Waals surface area contributed by atoms with E-state index < -0.39 is 28.4 Å². The Morgan fingerprint density at radius 3 is 2.42 bits per heavy atom. The highest BCUT2D eigenvalue weighted by molar-refractivity contribution is 5.69. The first-order valence-electron chi connectivity index (χ1n) is 7.26. The molecule has 10 heteroatoms. The molecular formula is C14H16F3N3O4. The predicted octanol–water partition coefficient (Wildman–Crippen LogP) is 2.89. The molecule has 1 saturated heterocycles. The first-order chi connectivity index (χ1) is 11.2. The van der Waals surface area contributed by atoms with E-state index in [1.165, 1.54) is 9.80 Å². The van der Waals surface area contributed by atoms with Gasteiger partial charge in [0.1, 0.15) is 5.69 Å². The number of nitrogens with zero attached hydrogens (tertiary/aromatic N) is 3. The molecule has 132 valence electrons. The monoisotopic (exact) mass is 347 g/mol. The Bertz CT molecular complexity index is 628. The Morgan fingerprint density at radius 1 is 1.29 bits per heavy atom. The van der Waals surface area contributed by atoms with Crippen molar-refractivity contribution < 1.29 is 27.6 Å². The molecule has 0 unspecified atom stereocenters. The van der Waals surface area contributed by atoms with Gasteiger partial charge in [0.15, 0.2) is 0 Å². The van der Waals surface area contributed by atoms with Crippen molar-refractivity contribution in [2.45, 2.75) is 13.1 Å². The molecule has 0 bridgehead atoms. The van der Waals surface area contributed by atoms with Crippen LogP contribution in [0.4, 0.5) is 29.3 Å². The van der Waals surface area contributed by atoms with Gasteiger partial charge in [-0.3, -0.25) is 10.1 Å². The second kappa shape index (κ2) is 6.93. The van der Waals surface area contributed by atoms with Crippen molar-refractivity contribution in [1.29, 1.82) is 0 Å². The number of carbonyl (C=O) groups is 1. The van der Waals surface area contributed by atoms with Crippen LogP contribution in [-0.2, 0) is 10.9 Å². The molecule has 24 heavy (non-hydrogen) atoms. The minimum atomic E-state index is -4.59. The zero-order valence-electron chi connectivity index (χ0n) is 12.9. The van der Waals surface area contributed by atoms with E-state index >= 15 is 0 Å². The molecule has 0 spiro atoms. The average Bonchev–Trinajstić information content (AvgIpc) is 2.53. The number of benzene rings is 1. The van der Waals surface area contributed by atoms with Crippen molar-refractivity contribution in [1.82, 2.24) is 4.90 Å². The van der Waals surface area contributed by atoms with Crippen molar-refractivity contribution in [3.63, 3.8) is 0 Å². The number of nitro groups is 1. The van der Waals surface area contributed by atoms with Gasteiger partial charge in [0.2, 0.25) is 0 Å². The second-order valence-corrected chi connectivity index (χ2v) is 5.13. The van der Waals surface area contributed by atoms with Crippen LogP contribution < -0.4 is 4.90 Å². The highest BCUT2D eigenvalue weighted by atomic mass is 19.4. The number of halogens is 3. The van der Waals surface area contributed by atoms with Crippen LogP contribution in [0.2, 0.25) is 0 Å². The maximum absolute atomic E-state index is 12.9. The number of alkyl halides is 3. The van der Waals surface area contributed by atoms with Gasteiger partial charge in [-0.2, -0.15) is 13.2 Å². The summed E-state index contributed by atoms with van der Waals surface area (Å²) in [6.45, 7) is 2.68. The average molecular weight is 347 g/mol. The quantitative estimate of drug-likeness (QED) is 0.621. The van der Waals surface area contributed by atoms with Crippen LogP contribution in [0.5, 0.6) is 0 Å². The second-order valence-electron chi connectivity index (χ2n) is 5.13. The van der Waals surface area contributed by atoms with E-state index in [0.717, 1.165) is 12.1 Å². The standard InChI is InChI=1S/C14H16F3N3O4/c1-2-24-13(21)19-7-5-18(6-8-19)12-9-10(14(15,16)17)3-4-11(12)20(22)23/h3-4,9H,2,5-8H2,1H3. The number of piperazine rings is 1. The SMILES string of the molecule is CCOC(=O)N1CCN(c2cc(C(F)(F)F)ccc2[N+](=O)[O-])CC1. The lowest BCUT2D eigenvalue weighted by atomic mass is 10.1. The van der Waals surface area contributed by atoms with Crippen LogP contribution in [0, 0.1) is 10.1 Å². The van der Waals surface area contributed by atoms with Gasteiger partial charge in [-0.15, -0.1) is 0 Å². The maximum atomic E-state index is 12.9. The number of amides is 1. The zero-order valence-corrected chi connectivity index (χ0v) is 12.9. The van der Waals surface area contributed by atoms with Gasteiger partial charge in [0.25, 0.3) is 5.69 Å². The molecule has 0 atom stereocenters. The van der Waals surface area contributed by atoms with Gasteiger partial charge < -0.3 is 14.5 Å². The summed E-state index contributed by atoms with van der Waals surface area (Å²) in [5.41, 5.74) is -1.44. The summed E-state index contributed by atoms with van der Waals surface area (Å²) in [5.74, 6) is 0. The minimum absolute atomic E-state index is 0.0988. The highest BCUT2D eigenvalue weighted by Crippen LogP contribution is 2.36. The molecule has 1 aromatic carbocycles. The summed E-state index contributed by atoms with van der Waals surface area (Å²) >= 11 is 0. The maximum Gasteiger partial charge on any atom is 0.416 e. The zero-order chi connectivity index (χ0) is 17.9. The topological polar surface area (TPSA) is 75.9 Å². The fourth-order valence-corrected chi connectivity index (χ4v) is 2.45. The molecule has 0 saturated carbocycles. The van der Waals surface area contributed by atoms with E-state index in [4.69, 9.17) is 4.74 Å². The van der Waals surface area contributed by atoms with E-state index in [1.807, 2.05) is 0 Å². The number of rotatable bonds is 3. The number of anilines is 1. The van der Waals surface area contributed by atoms with E-state index in [9.17, 15) is 28.1 Å². The summed E-state index contributed by atoms with van der Waals surface area (Å²) in [6, 6.07) is 2.32. The molecule has 0 aromatic heterocycles. The van der Waals surface area contributed by atoms with Crippen LogP contribution in [0.1, 0.15) is 12.5 Å². The van der Waals surface area contributed by atoms with E-state index in [-0.39, 0.29) is 38.5 Å². The molecule has 0 aliphatic carbocycles. The van der Waals surface area contributed by atoms with Crippen molar-refractivity contribution in [2.75, 3.05) is 37.7 Å². The third-order valence-corrected chi connectivity index (χ3v) is 3.65. The van der Waals surface area contributed by atoms with Crippen LogP contribution >= 0.6 is 0 Å². The molecular weight excluding hydrogens is 331 g/mol. The molecule has 1 fully saturated rings. The molecule has 1 aliphatic rings. The molecule has 1 aromatic rings. The van der Waals surface area contributed by atoms with Crippen LogP contribution in [0.15, 0.2) is 18.2 Å². The van der Waals surface area contributed by atoms with Crippen molar-refractivity contribution in [2.24, 2.45) is 0 Å². The molecule has 1 heterocycles. The normalized spacial score (nSPS) is 15.3. The fourth-order valence-electron chi connectivity index (χ4n) is 2.45. The van der Waals surface area contributed by atoms with Gasteiger partial charge in [-0.25, -0.2) is 4.79 Å². The third-order valence-electron chi connectivity index (χ3n) is 3.65. The molecule has 1 aliphatic heterocycles. The Kier molecular flexibility index (Phi) is 5.15. The number of hydrogen-bond acceptors (Lipinski definition) is 5. The fraction of sp³-hybridized carbons (Fsp3) is 0.500. The Balaban J connectivity index is 2.22. The van der Waals surface area contributed by atoms with Gasteiger partial charge in [-0.1, -0.05) is 0 Å². The number of nitro benzene ring substituents is 1. The Hall–Kier alpha value is -2.52. The van der Waals surface area contributed by atoms with Crippen LogP contribution in [-0.4, -0.2) is 48.7 Å². The van der Waals surface area contributed by atoms with Gasteiger partial charge in [0.05, 0.1) is 17.1 Å². The first kappa shape index (κ1) is 17.8.